The first-order valence-corrected chi connectivity index (χ1v) is 11.1. The molecule has 0 radical (unpaired) electrons. The van der Waals surface area contributed by atoms with E-state index in [9.17, 15) is 8.42 Å². The van der Waals surface area contributed by atoms with Gasteiger partial charge in [0, 0.05) is 33.9 Å². The zero-order valence-corrected chi connectivity index (χ0v) is 16.8. The summed E-state index contributed by atoms with van der Waals surface area (Å²) in [7, 11) is -3.35. The first-order chi connectivity index (χ1) is 14.4. The minimum Gasteiger partial charge on any atom is -0.382 e. The Balaban J connectivity index is 1.62. The number of pyridine rings is 1. The monoisotopic (exact) mass is 418 g/mol. The zero-order chi connectivity index (χ0) is 20.9. The second-order valence-electron chi connectivity index (χ2n) is 7.13. The maximum atomic E-state index is 11.5. The van der Waals surface area contributed by atoms with Gasteiger partial charge in [-0.25, -0.2) is 13.4 Å². The van der Waals surface area contributed by atoms with E-state index in [-0.39, 0.29) is 0 Å². The number of hydrogen-bond donors (Lipinski definition) is 4. The number of anilines is 2. The van der Waals surface area contributed by atoms with Crippen LogP contribution >= 0.6 is 0 Å². The van der Waals surface area contributed by atoms with Gasteiger partial charge in [-0.05, 0) is 47.5 Å². The maximum Gasteiger partial charge on any atom is 0.229 e. The zero-order valence-electron chi connectivity index (χ0n) is 16.0. The molecule has 0 fully saturated rings. The summed E-state index contributed by atoms with van der Waals surface area (Å²) in [6.45, 7) is 0. The Kier molecular flexibility index (Phi) is 4.00. The lowest BCUT2D eigenvalue weighted by atomic mass is 10.0. The Morgan fingerprint density at radius 3 is 2.70 bits per heavy atom. The van der Waals surface area contributed by atoms with Crippen molar-refractivity contribution in [2.75, 3.05) is 16.7 Å². The summed E-state index contributed by atoms with van der Waals surface area (Å²) in [6, 6.07) is 17.1. The number of aromatic nitrogens is 4. The van der Waals surface area contributed by atoms with Crippen LogP contribution in [0.5, 0.6) is 0 Å². The molecule has 0 atom stereocenters. The summed E-state index contributed by atoms with van der Waals surface area (Å²) in [4.78, 5) is 7.78. The molecule has 2 aromatic carbocycles. The number of aromatic amines is 2. The van der Waals surface area contributed by atoms with E-state index in [1.807, 2.05) is 36.4 Å². The van der Waals surface area contributed by atoms with E-state index in [1.165, 1.54) is 0 Å². The third-order valence-electron chi connectivity index (χ3n) is 4.91. The molecule has 5 rings (SSSR count). The number of sulfonamides is 1. The second kappa shape index (κ2) is 6.60. The van der Waals surface area contributed by atoms with Gasteiger partial charge in [0.15, 0.2) is 5.82 Å². The van der Waals surface area contributed by atoms with E-state index in [0.717, 1.165) is 50.6 Å². The normalized spacial score (nSPS) is 11.9. The average molecular weight is 418 g/mol. The van der Waals surface area contributed by atoms with E-state index in [1.54, 1.807) is 24.4 Å². The number of rotatable bonds is 4. The Hall–Kier alpha value is -3.85. The van der Waals surface area contributed by atoms with Crippen molar-refractivity contribution >= 4 is 43.5 Å². The van der Waals surface area contributed by atoms with E-state index in [0.29, 0.717) is 11.5 Å². The number of nitrogens with zero attached hydrogens (tertiary/aromatic N) is 2. The van der Waals surface area contributed by atoms with Crippen LogP contribution in [0.4, 0.5) is 11.5 Å². The minimum atomic E-state index is -3.35. The Labute approximate surface area is 172 Å². The molecule has 0 bridgehead atoms. The summed E-state index contributed by atoms with van der Waals surface area (Å²) in [6.07, 6.45) is 2.88. The van der Waals surface area contributed by atoms with Gasteiger partial charge in [-0.2, -0.15) is 5.10 Å². The summed E-state index contributed by atoms with van der Waals surface area (Å²) in [5.41, 5.74) is 11.8. The fraction of sp³-hybridized carbons (Fsp3) is 0.0476. The number of nitrogens with two attached hydrogens (primary N) is 1. The third-order valence-corrected chi connectivity index (χ3v) is 5.52. The Morgan fingerprint density at radius 2 is 1.87 bits per heavy atom. The lowest BCUT2D eigenvalue weighted by Crippen LogP contribution is -2.09. The van der Waals surface area contributed by atoms with Crippen LogP contribution in [-0.4, -0.2) is 34.8 Å². The SMILES string of the molecule is CS(=O)(=O)Nc1cccc(-c2cc3c(-c4ccc5[nH]nc(N)c5c4)ccnc3[nH]2)c1. The topological polar surface area (TPSA) is 130 Å². The van der Waals surface area contributed by atoms with Crippen LogP contribution in [0, 0.1) is 0 Å². The number of H-pyrrole nitrogens is 2. The summed E-state index contributed by atoms with van der Waals surface area (Å²) in [5, 5.41) is 8.79. The van der Waals surface area contributed by atoms with Crippen LogP contribution in [-0.2, 0) is 10.0 Å². The van der Waals surface area contributed by atoms with Crippen molar-refractivity contribution in [1.29, 1.82) is 0 Å². The van der Waals surface area contributed by atoms with Crippen LogP contribution in [0.3, 0.4) is 0 Å². The molecule has 0 aliphatic carbocycles. The molecule has 5 aromatic rings. The van der Waals surface area contributed by atoms with E-state index in [4.69, 9.17) is 5.73 Å². The number of hydrogen-bond acceptors (Lipinski definition) is 5. The quantitative estimate of drug-likeness (QED) is 0.353. The van der Waals surface area contributed by atoms with Crippen LogP contribution in [0.15, 0.2) is 60.8 Å². The molecule has 5 N–H and O–H groups in total. The molecule has 0 unspecified atom stereocenters. The molecular formula is C21H18N6O2S. The van der Waals surface area contributed by atoms with Gasteiger partial charge in [0.05, 0.1) is 11.8 Å². The smallest absolute Gasteiger partial charge is 0.229 e. The fourth-order valence-electron chi connectivity index (χ4n) is 3.60. The number of fused-ring (bicyclic) bond motifs is 2. The average Bonchev–Trinajstić information content (AvgIpc) is 3.30. The fourth-order valence-corrected chi connectivity index (χ4v) is 4.16. The highest BCUT2D eigenvalue weighted by Gasteiger charge is 2.12. The first kappa shape index (κ1) is 18.2. The highest BCUT2D eigenvalue weighted by atomic mass is 32.2. The third kappa shape index (κ3) is 3.25. The van der Waals surface area contributed by atoms with Gasteiger partial charge in [-0.15, -0.1) is 0 Å². The van der Waals surface area contributed by atoms with Gasteiger partial charge >= 0.3 is 0 Å². The van der Waals surface area contributed by atoms with Gasteiger partial charge in [0.2, 0.25) is 10.0 Å². The Morgan fingerprint density at radius 1 is 1.00 bits per heavy atom. The van der Waals surface area contributed by atoms with Crippen LogP contribution in [0.25, 0.3) is 44.3 Å². The van der Waals surface area contributed by atoms with Crippen molar-refractivity contribution in [3.05, 3.63) is 60.8 Å². The van der Waals surface area contributed by atoms with Crippen LogP contribution in [0.2, 0.25) is 0 Å². The molecule has 0 saturated heterocycles. The molecule has 0 saturated carbocycles. The standard InChI is InChI=1S/C21H18N6O2S/c1-30(28,29)27-14-4-2-3-13(9-14)19-11-16-15(7-8-23-21(16)24-19)12-5-6-18-17(10-12)20(22)26-25-18/h2-11,27H,1H3,(H,23,24)(H3,22,25,26). The molecule has 3 aromatic heterocycles. The molecule has 3 heterocycles. The van der Waals surface area contributed by atoms with Crippen molar-refractivity contribution in [1.82, 2.24) is 20.2 Å². The van der Waals surface area contributed by atoms with E-state index < -0.39 is 10.0 Å². The predicted molar refractivity (Wildman–Crippen MR) is 119 cm³/mol. The van der Waals surface area contributed by atoms with Gasteiger partial charge in [0.25, 0.3) is 0 Å². The second-order valence-corrected chi connectivity index (χ2v) is 8.88. The number of nitrogens with one attached hydrogen (secondary N) is 3. The molecule has 9 heteroatoms. The van der Waals surface area contributed by atoms with Gasteiger partial charge in [0.1, 0.15) is 5.65 Å². The van der Waals surface area contributed by atoms with Crippen molar-refractivity contribution in [2.24, 2.45) is 0 Å². The highest BCUT2D eigenvalue weighted by Crippen LogP contribution is 2.34. The molecule has 30 heavy (non-hydrogen) atoms. The number of benzene rings is 2. The summed E-state index contributed by atoms with van der Waals surface area (Å²) < 4.78 is 25.6. The van der Waals surface area contributed by atoms with Crippen LogP contribution < -0.4 is 10.5 Å². The molecule has 0 aliphatic heterocycles. The van der Waals surface area contributed by atoms with Crippen molar-refractivity contribution < 1.29 is 8.42 Å². The molecule has 0 spiro atoms. The molecular weight excluding hydrogens is 400 g/mol. The molecule has 150 valence electrons. The van der Waals surface area contributed by atoms with Crippen LogP contribution in [0.1, 0.15) is 0 Å². The van der Waals surface area contributed by atoms with Gasteiger partial charge in [-0.3, -0.25) is 9.82 Å². The molecule has 8 nitrogen and oxygen atoms in total. The van der Waals surface area contributed by atoms with Crippen molar-refractivity contribution in [2.45, 2.75) is 0 Å². The van der Waals surface area contributed by atoms with E-state index >= 15 is 0 Å². The molecule has 0 aliphatic rings. The Bertz CT molecular complexity index is 1520. The largest absolute Gasteiger partial charge is 0.382 e. The molecule has 0 amide bonds. The van der Waals surface area contributed by atoms with Gasteiger partial charge < -0.3 is 10.7 Å². The maximum absolute atomic E-state index is 11.5. The first-order valence-electron chi connectivity index (χ1n) is 9.17. The van der Waals surface area contributed by atoms with Crippen molar-refractivity contribution in [3.63, 3.8) is 0 Å². The minimum absolute atomic E-state index is 0.460. The highest BCUT2D eigenvalue weighted by molar-refractivity contribution is 7.92. The lowest BCUT2D eigenvalue weighted by molar-refractivity contribution is 0.607. The summed E-state index contributed by atoms with van der Waals surface area (Å²) in [5.74, 6) is 0.460. The predicted octanol–water partition coefficient (Wildman–Crippen LogP) is 3.73. The van der Waals surface area contributed by atoms with Gasteiger partial charge in [-0.1, -0.05) is 18.2 Å². The lowest BCUT2D eigenvalue weighted by Gasteiger charge is -2.05. The van der Waals surface area contributed by atoms with E-state index in [2.05, 4.69) is 24.9 Å². The number of nitrogen functional groups attached to an aromatic ring is 1. The summed E-state index contributed by atoms with van der Waals surface area (Å²) >= 11 is 0. The van der Waals surface area contributed by atoms with Crippen molar-refractivity contribution in [3.8, 4) is 22.4 Å².